The van der Waals surface area contributed by atoms with E-state index in [4.69, 9.17) is 15.2 Å². The van der Waals surface area contributed by atoms with Crippen LogP contribution in [-0.4, -0.2) is 116 Å². The molecule has 15 heteroatoms. The van der Waals surface area contributed by atoms with E-state index >= 15 is 0 Å². The number of hydrogen-bond donors (Lipinski definition) is 4. The van der Waals surface area contributed by atoms with Crippen LogP contribution >= 0.6 is 0 Å². The number of likely N-dealkylation sites (N-methyl/N-ethyl adjacent to an activating group) is 1. The number of nitrogens with two attached hydrogens (primary N) is 1. The minimum Gasteiger partial charge on any atom is -0.448 e. The highest BCUT2D eigenvalue weighted by Crippen LogP contribution is 2.32. The minimum absolute atomic E-state index is 0.0131. The Morgan fingerprint density at radius 2 is 1.98 bits per heavy atom. The zero-order valence-electron chi connectivity index (χ0n) is 23.3. The molecule has 224 valence electrons. The number of ether oxygens (including phenoxy) is 2. The van der Waals surface area contributed by atoms with Crippen molar-refractivity contribution in [3.05, 3.63) is 12.2 Å². The molecule has 0 aliphatic carbocycles. The average molecular weight is 575 g/mol. The molecule has 0 spiro atoms. The Morgan fingerprint density at radius 1 is 1.22 bits per heavy atom. The minimum atomic E-state index is -1.41. The molecule has 15 nitrogen and oxygen atoms in total. The molecular weight excluding hydrogens is 536 g/mol. The summed E-state index contributed by atoms with van der Waals surface area (Å²) in [5.74, 6) is 0.437. The lowest BCUT2D eigenvalue weighted by Gasteiger charge is -2.36. The number of amides is 3. The zero-order chi connectivity index (χ0) is 29.3. The number of piperidine rings is 1. The van der Waals surface area contributed by atoms with Crippen molar-refractivity contribution in [1.82, 2.24) is 34.6 Å². The van der Waals surface area contributed by atoms with Gasteiger partial charge in [-0.1, -0.05) is 0 Å². The smallest absolute Gasteiger partial charge is 0.409 e. The Morgan fingerprint density at radius 3 is 2.66 bits per heavy atom. The van der Waals surface area contributed by atoms with Crippen molar-refractivity contribution in [1.29, 1.82) is 0 Å². The van der Waals surface area contributed by atoms with Crippen molar-refractivity contribution in [2.24, 2.45) is 11.8 Å². The summed E-state index contributed by atoms with van der Waals surface area (Å²) in [6, 6.07) is 0. The Balaban J connectivity index is 1.13. The predicted octanol–water partition coefficient (Wildman–Crippen LogP) is -0.577. The number of nitrogens with one attached hydrogen (secondary N) is 1. The molecule has 0 saturated carbocycles. The highest BCUT2D eigenvalue weighted by atomic mass is 16.6. The van der Waals surface area contributed by atoms with Crippen molar-refractivity contribution in [2.45, 2.75) is 63.6 Å². The predicted molar refractivity (Wildman–Crippen MR) is 144 cm³/mol. The fraction of sp³-hybridized carbons (Fsp3) is 0.692. The second kappa shape index (κ2) is 12.1. The van der Waals surface area contributed by atoms with Crippen LogP contribution in [0.4, 0.5) is 10.6 Å². The van der Waals surface area contributed by atoms with E-state index < -0.39 is 30.4 Å². The maximum absolute atomic E-state index is 12.4. The van der Waals surface area contributed by atoms with Crippen LogP contribution in [0.15, 0.2) is 6.33 Å². The van der Waals surface area contributed by atoms with Gasteiger partial charge in [0.2, 0.25) is 5.91 Å². The van der Waals surface area contributed by atoms with Crippen LogP contribution in [0.1, 0.15) is 44.7 Å². The van der Waals surface area contributed by atoms with Crippen molar-refractivity contribution >= 4 is 34.9 Å². The summed E-state index contributed by atoms with van der Waals surface area (Å²) in [7, 11) is 1.73. The van der Waals surface area contributed by atoms with Crippen molar-refractivity contribution in [2.75, 3.05) is 45.6 Å². The van der Waals surface area contributed by atoms with Crippen molar-refractivity contribution in [3.63, 3.8) is 0 Å². The molecular formula is C26H38N8O7. The fourth-order valence-corrected chi connectivity index (χ4v) is 5.70. The number of nitrogens with zero attached hydrogens (tertiary/aromatic N) is 6. The first-order chi connectivity index (χ1) is 19.7. The number of nitrogen functional groups attached to an aromatic ring is 1. The van der Waals surface area contributed by atoms with Gasteiger partial charge in [-0.05, 0) is 38.5 Å². The van der Waals surface area contributed by atoms with Crippen LogP contribution in [0.5, 0.6) is 0 Å². The van der Waals surface area contributed by atoms with E-state index in [0.29, 0.717) is 55.5 Å². The van der Waals surface area contributed by atoms with Gasteiger partial charge in [-0.2, -0.15) is 0 Å². The fourth-order valence-electron chi connectivity index (χ4n) is 5.70. The van der Waals surface area contributed by atoms with E-state index in [1.54, 1.807) is 23.8 Å². The molecule has 0 radical (unpaired) electrons. The molecule has 5 rings (SSSR count). The standard InChI is InChI=1S/C26H38N8O7/c1-3-28-23(37)20-18(35)19(36)25(41-20)34-13-29-17-21(27)30-16(31-22(17)34)6-4-5-14-7-9-33(10-8-14)26(39)40-12-15-11-32(2)24(15)38/h13-15,18-20,25,35-36H,3-12H2,1-2H3,(H,28,37)(H2,27,30,31)/t15?,18?,19-,20-,25+/m0/s1. The number of imidazole rings is 1. The number of likely N-dealkylation sites (tertiary alicyclic amines) is 2. The summed E-state index contributed by atoms with van der Waals surface area (Å²) in [6.07, 6.45) is -0.0102. The summed E-state index contributed by atoms with van der Waals surface area (Å²) in [6.45, 7) is 4.10. The number of carbonyl (C=O) groups is 3. The summed E-state index contributed by atoms with van der Waals surface area (Å²) in [5.41, 5.74) is 6.85. The molecule has 41 heavy (non-hydrogen) atoms. The number of aryl methyl sites for hydroxylation is 1. The van der Waals surface area contributed by atoms with Crippen LogP contribution in [0.25, 0.3) is 11.2 Å². The summed E-state index contributed by atoms with van der Waals surface area (Å²) >= 11 is 0. The number of β-lactam (4-membered cyclic amide) rings is 1. The molecule has 2 aromatic rings. The molecule has 5 N–H and O–H groups in total. The summed E-state index contributed by atoms with van der Waals surface area (Å²) in [4.78, 5) is 52.9. The summed E-state index contributed by atoms with van der Waals surface area (Å²) < 4.78 is 12.5. The lowest BCUT2D eigenvalue weighted by atomic mass is 9.91. The van der Waals surface area contributed by atoms with Crippen LogP contribution in [0.2, 0.25) is 0 Å². The van der Waals surface area contributed by atoms with E-state index in [2.05, 4.69) is 20.3 Å². The number of hydrogen-bond acceptors (Lipinski definition) is 11. The number of anilines is 1. The van der Waals surface area contributed by atoms with Gasteiger partial charge in [0.15, 0.2) is 23.8 Å². The zero-order valence-corrected chi connectivity index (χ0v) is 23.3. The Labute approximate surface area is 237 Å². The molecule has 3 fully saturated rings. The number of aliphatic hydroxyl groups excluding tert-OH is 2. The molecule has 3 aliphatic heterocycles. The Kier molecular flexibility index (Phi) is 8.56. The second-order valence-corrected chi connectivity index (χ2v) is 11.0. The van der Waals surface area contributed by atoms with Crippen LogP contribution < -0.4 is 11.1 Å². The largest absolute Gasteiger partial charge is 0.448 e. The molecule has 0 bridgehead atoms. The summed E-state index contributed by atoms with van der Waals surface area (Å²) in [5, 5.41) is 23.6. The SMILES string of the molecule is CCNC(=O)[C@H]1O[C@@H](n2cnc3c(N)nc(CCCC4CCN(C(=O)OCC5CN(C)C5=O)CC4)nc32)[C@@H](O)C1O. The highest BCUT2D eigenvalue weighted by Gasteiger charge is 2.47. The first-order valence-electron chi connectivity index (χ1n) is 14.1. The number of aromatic nitrogens is 4. The Bertz CT molecular complexity index is 1280. The van der Waals surface area contributed by atoms with Gasteiger partial charge < -0.3 is 40.5 Å². The first kappa shape index (κ1) is 29.0. The maximum Gasteiger partial charge on any atom is 0.409 e. The number of fused-ring (bicyclic) bond motifs is 1. The number of carbonyl (C=O) groups excluding carboxylic acids is 3. The van der Waals surface area contributed by atoms with Gasteiger partial charge in [-0.15, -0.1) is 0 Å². The molecule has 3 aliphatic rings. The molecule has 5 atom stereocenters. The lowest BCUT2D eigenvalue weighted by Crippen LogP contribution is -2.52. The number of rotatable bonds is 9. The van der Waals surface area contributed by atoms with E-state index in [9.17, 15) is 24.6 Å². The van der Waals surface area contributed by atoms with Gasteiger partial charge in [0, 0.05) is 39.6 Å². The highest BCUT2D eigenvalue weighted by molar-refractivity contribution is 5.85. The molecule has 0 aromatic carbocycles. The molecule has 3 saturated heterocycles. The monoisotopic (exact) mass is 574 g/mol. The Hall–Kier alpha value is -3.56. The van der Waals surface area contributed by atoms with Crippen LogP contribution in [-0.2, 0) is 25.5 Å². The molecule has 2 unspecified atom stereocenters. The molecule has 2 aromatic heterocycles. The normalized spacial score (nSPS) is 26.8. The third-order valence-corrected chi connectivity index (χ3v) is 8.13. The van der Waals surface area contributed by atoms with Crippen LogP contribution in [0.3, 0.4) is 0 Å². The molecule has 5 heterocycles. The molecule has 3 amide bonds. The quantitative estimate of drug-likeness (QED) is 0.280. The van der Waals surface area contributed by atoms with Gasteiger partial charge >= 0.3 is 6.09 Å². The lowest BCUT2D eigenvalue weighted by molar-refractivity contribution is -0.147. The topological polar surface area (TPSA) is 198 Å². The van der Waals surface area contributed by atoms with Crippen molar-refractivity contribution < 1.29 is 34.1 Å². The van der Waals surface area contributed by atoms with Crippen molar-refractivity contribution in [3.8, 4) is 0 Å². The third-order valence-electron chi connectivity index (χ3n) is 8.13. The first-order valence-corrected chi connectivity index (χ1v) is 14.1. The van der Waals surface area contributed by atoms with Gasteiger partial charge in [-0.25, -0.2) is 19.7 Å². The van der Waals surface area contributed by atoms with Gasteiger partial charge in [0.25, 0.3) is 5.91 Å². The van der Waals surface area contributed by atoms with E-state index in [-0.39, 0.29) is 30.3 Å². The van der Waals surface area contributed by atoms with E-state index in [0.717, 1.165) is 25.7 Å². The van der Waals surface area contributed by atoms with Gasteiger partial charge in [-0.3, -0.25) is 14.2 Å². The third kappa shape index (κ3) is 5.92. The van der Waals surface area contributed by atoms with E-state index in [1.165, 1.54) is 10.9 Å². The maximum atomic E-state index is 12.4. The van der Waals surface area contributed by atoms with E-state index in [1.807, 2.05) is 0 Å². The van der Waals surface area contributed by atoms with Gasteiger partial charge in [0.1, 0.15) is 30.2 Å². The van der Waals surface area contributed by atoms with Gasteiger partial charge in [0.05, 0.1) is 12.2 Å². The van der Waals surface area contributed by atoms with Crippen LogP contribution in [0, 0.1) is 11.8 Å². The second-order valence-electron chi connectivity index (χ2n) is 11.0. The number of aliphatic hydroxyl groups is 2. The average Bonchev–Trinajstić information content (AvgIpc) is 3.51.